The minimum Gasteiger partial charge on any atom is -0.497 e. The number of nitrogen functional groups attached to an aromatic ring is 1. The van der Waals surface area contributed by atoms with Crippen LogP contribution in [0, 0.1) is 0 Å². The van der Waals surface area contributed by atoms with Crippen molar-refractivity contribution in [1.29, 1.82) is 0 Å². The Morgan fingerprint density at radius 2 is 2.19 bits per heavy atom. The van der Waals surface area contributed by atoms with Crippen LogP contribution in [0.5, 0.6) is 5.75 Å². The number of carbonyl (C=O) groups excluding carboxylic acids is 1. The molecule has 1 aromatic heterocycles. The van der Waals surface area contributed by atoms with E-state index in [1.54, 1.807) is 11.7 Å². The molecule has 9 heteroatoms. The van der Waals surface area contributed by atoms with Gasteiger partial charge in [0.25, 0.3) is 5.91 Å². The van der Waals surface area contributed by atoms with Crippen LogP contribution in [0.4, 0.5) is 11.8 Å². The second-order valence-electron chi connectivity index (χ2n) is 5.99. The van der Waals surface area contributed by atoms with E-state index in [2.05, 4.69) is 15.6 Å². The summed E-state index contributed by atoms with van der Waals surface area (Å²) in [5.74, 6) is 1.37. The number of nitrogens with one attached hydrogen (secondary N) is 2. The Morgan fingerprint density at radius 1 is 1.42 bits per heavy atom. The minimum atomic E-state index is -0.211. The van der Waals surface area contributed by atoms with Crippen LogP contribution in [0.3, 0.4) is 0 Å². The van der Waals surface area contributed by atoms with Gasteiger partial charge in [-0.2, -0.15) is 4.98 Å². The molecule has 0 bridgehead atoms. The highest BCUT2D eigenvalue weighted by Crippen LogP contribution is 2.21. The largest absolute Gasteiger partial charge is 0.497 e. The van der Waals surface area contributed by atoms with E-state index in [0.29, 0.717) is 37.7 Å². The van der Waals surface area contributed by atoms with E-state index in [4.69, 9.17) is 16.2 Å². The molecule has 6 N–H and O–H groups in total. The molecule has 2 aromatic rings. The zero-order valence-corrected chi connectivity index (χ0v) is 15.6. The standard InChI is InChI=1S/C17H27BN6O2/c1-3-21-16(25)14-15(22-8-4-7-19)23-17(20)24(14)10-11-5-6-13(26-2)12(18)9-11/h5-6,9,22H,3-4,7-8,10,18-19H2,1-2H3,(H2,20,23)(H,21,25). The average Bonchev–Trinajstić information content (AvgIpc) is 2.91. The number of hydrogen-bond acceptors (Lipinski definition) is 6. The van der Waals surface area contributed by atoms with Gasteiger partial charge in [-0.1, -0.05) is 12.1 Å². The number of aromatic nitrogens is 2. The van der Waals surface area contributed by atoms with Crippen molar-refractivity contribution in [3.63, 3.8) is 0 Å². The number of carbonyl (C=O) groups is 1. The van der Waals surface area contributed by atoms with Crippen LogP contribution in [-0.4, -0.2) is 50.0 Å². The molecule has 1 amide bonds. The average molecular weight is 358 g/mol. The third kappa shape index (κ3) is 4.48. The molecule has 2 rings (SSSR count). The van der Waals surface area contributed by atoms with Gasteiger partial charge in [-0.15, -0.1) is 0 Å². The summed E-state index contributed by atoms with van der Waals surface area (Å²) in [6.07, 6.45) is 0.777. The summed E-state index contributed by atoms with van der Waals surface area (Å²) in [6, 6.07) is 5.87. The lowest BCUT2D eigenvalue weighted by molar-refractivity contribution is 0.0948. The maximum absolute atomic E-state index is 12.6. The van der Waals surface area contributed by atoms with Gasteiger partial charge in [-0.05, 0) is 37.0 Å². The number of anilines is 2. The molecule has 0 fully saturated rings. The van der Waals surface area contributed by atoms with Gasteiger partial charge in [0.05, 0.1) is 13.7 Å². The zero-order valence-electron chi connectivity index (χ0n) is 15.6. The van der Waals surface area contributed by atoms with Gasteiger partial charge < -0.3 is 31.4 Å². The van der Waals surface area contributed by atoms with Crippen LogP contribution < -0.4 is 32.3 Å². The van der Waals surface area contributed by atoms with Crippen molar-refractivity contribution >= 4 is 31.0 Å². The fraction of sp³-hybridized carbons (Fsp3) is 0.412. The van der Waals surface area contributed by atoms with E-state index >= 15 is 0 Å². The molecule has 8 nitrogen and oxygen atoms in total. The maximum Gasteiger partial charge on any atom is 0.271 e. The molecule has 0 atom stereocenters. The van der Waals surface area contributed by atoms with Crippen molar-refractivity contribution in [3.8, 4) is 5.75 Å². The van der Waals surface area contributed by atoms with Gasteiger partial charge in [0.2, 0.25) is 5.95 Å². The highest BCUT2D eigenvalue weighted by molar-refractivity contribution is 6.34. The number of benzene rings is 1. The van der Waals surface area contributed by atoms with Gasteiger partial charge in [0.15, 0.2) is 11.5 Å². The van der Waals surface area contributed by atoms with Crippen molar-refractivity contribution in [3.05, 3.63) is 29.5 Å². The number of nitrogens with zero attached hydrogens (tertiary/aromatic N) is 2. The molecule has 0 spiro atoms. The third-order valence-corrected chi connectivity index (χ3v) is 4.02. The fourth-order valence-corrected chi connectivity index (χ4v) is 2.76. The van der Waals surface area contributed by atoms with E-state index in [-0.39, 0.29) is 11.9 Å². The molecule has 1 aromatic carbocycles. The predicted molar refractivity (Wildman–Crippen MR) is 107 cm³/mol. The third-order valence-electron chi connectivity index (χ3n) is 4.02. The summed E-state index contributed by atoms with van der Waals surface area (Å²) in [5, 5.41) is 5.98. The molecule has 0 aliphatic rings. The van der Waals surface area contributed by atoms with Crippen molar-refractivity contribution in [2.45, 2.75) is 19.9 Å². The maximum atomic E-state index is 12.6. The lowest BCUT2D eigenvalue weighted by Crippen LogP contribution is -2.27. The summed E-state index contributed by atoms with van der Waals surface area (Å²) < 4.78 is 7.02. The molecular weight excluding hydrogens is 331 g/mol. The first-order valence-corrected chi connectivity index (χ1v) is 8.73. The van der Waals surface area contributed by atoms with Gasteiger partial charge in [-0.3, -0.25) is 4.79 Å². The van der Waals surface area contributed by atoms with Crippen LogP contribution in [0.15, 0.2) is 18.2 Å². The van der Waals surface area contributed by atoms with Crippen LogP contribution in [0.1, 0.15) is 29.4 Å². The Bertz CT molecular complexity index is 762. The summed E-state index contributed by atoms with van der Waals surface area (Å²) >= 11 is 0. The van der Waals surface area contributed by atoms with Crippen molar-refractivity contribution in [1.82, 2.24) is 14.9 Å². The quantitative estimate of drug-likeness (QED) is 0.347. The Balaban J connectivity index is 2.36. The number of methoxy groups -OCH3 is 1. The number of rotatable bonds is 9. The van der Waals surface area contributed by atoms with Crippen LogP contribution in [0.25, 0.3) is 0 Å². The molecule has 1 heterocycles. The summed E-state index contributed by atoms with van der Waals surface area (Å²) in [5.41, 5.74) is 14.1. The molecule has 0 aliphatic heterocycles. The molecule has 140 valence electrons. The van der Waals surface area contributed by atoms with Gasteiger partial charge >= 0.3 is 0 Å². The van der Waals surface area contributed by atoms with Gasteiger partial charge in [0, 0.05) is 13.1 Å². The first-order valence-electron chi connectivity index (χ1n) is 8.73. The van der Waals surface area contributed by atoms with Crippen LogP contribution >= 0.6 is 0 Å². The highest BCUT2D eigenvalue weighted by Gasteiger charge is 2.21. The second kappa shape index (κ2) is 9.14. The van der Waals surface area contributed by atoms with E-state index in [1.165, 1.54) is 0 Å². The molecule has 0 saturated heterocycles. The smallest absolute Gasteiger partial charge is 0.271 e. The zero-order chi connectivity index (χ0) is 19.1. The van der Waals surface area contributed by atoms with E-state index < -0.39 is 0 Å². The monoisotopic (exact) mass is 358 g/mol. The number of nitrogens with two attached hydrogens (primary N) is 2. The van der Waals surface area contributed by atoms with Gasteiger partial charge in [0.1, 0.15) is 13.6 Å². The normalized spacial score (nSPS) is 10.6. The lowest BCUT2D eigenvalue weighted by Gasteiger charge is -2.13. The lowest BCUT2D eigenvalue weighted by atomic mass is 9.93. The van der Waals surface area contributed by atoms with E-state index in [0.717, 1.165) is 23.2 Å². The van der Waals surface area contributed by atoms with Gasteiger partial charge in [-0.25, -0.2) is 0 Å². The number of imidazole rings is 1. The topological polar surface area (TPSA) is 120 Å². The minimum absolute atomic E-state index is 0.211. The Hall–Kier alpha value is -2.68. The number of hydrogen-bond donors (Lipinski definition) is 4. The molecule has 0 radical (unpaired) electrons. The van der Waals surface area contributed by atoms with Crippen molar-refractivity contribution in [2.75, 3.05) is 37.8 Å². The van der Waals surface area contributed by atoms with E-state index in [9.17, 15) is 4.79 Å². The molecule has 0 unspecified atom stereocenters. The fourth-order valence-electron chi connectivity index (χ4n) is 2.76. The first-order chi connectivity index (χ1) is 12.5. The number of ether oxygens (including phenoxy) is 1. The Labute approximate surface area is 154 Å². The molecule has 0 aliphatic carbocycles. The summed E-state index contributed by atoms with van der Waals surface area (Å²) in [4.78, 5) is 16.9. The molecular formula is C17H27BN6O2. The van der Waals surface area contributed by atoms with Crippen LogP contribution in [-0.2, 0) is 6.54 Å². The van der Waals surface area contributed by atoms with Crippen molar-refractivity contribution < 1.29 is 9.53 Å². The SMILES string of the molecule is Bc1cc(Cn2c(N)nc(NCCCN)c2C(=O)NCC)ccc1OC. The predicted octanol–water partition coefficient (Wildman–Crippen LogP) is -0.709. The summed E-state index contributed by atoms with van der Waals surface area (Å²) in [6.45, 7) is 4.02. The number of amides is 1. The van der Waals surface area contributed by atoms with Crippen molar-refractivity contribution in [2.24, 2.45) is 5.73 Å². The first kappa shape index (κ1) is 19.6. The molecule has 26 heavy (non-hydrogen) atoms. The molecule has 0 saturated carbocycles. The van der Waals surface area contributed by atoms with E-state index in [1.807, 2.05) is 33.0 Å². The van der Waals surface area contributed by atoms with Crippen LogP contribution in [0.2, 0.25) is 0 Å². The second-order valence-corrected chi connectivity index (χ2v) is 5.99. The Morgan fingerprint density at radius 3 is 2.81 bits per heavy atom. The Kier molecular flexibility index (Phi) is 6.91. The summed E-state index contributed by atoms with van der Waals surface area (Å²) in [7, 11) is 3.62. The highest BCUT2D eigenvalue weighted by atomic mass is 16.5.